The average molecular weight is 538 g/mol. The number of Topliss-reactive ketones (excluding diaryl/α,β-unsaturated/α-hetero) is 1. The van der Waals surface area contributed by atoms with E-state index >= 15 is 0 Å². The molecule has 0 saturated carbocycles. The molecule has 0 fully saturated rings. The molecular formula is C25H20BrN3O4S. The highest BCUT2D eigenvalue weighted by Gasteiger charge is 2.29. The summed E-state index contributed by atoms with van der Waals surface area (Å²) in [7, 11) is 1.65. The van der Waals surface area contributed by atoms with Crippen molar-refractivity contribution in [3.63, 3.8) is 0 Å². The topological polar surface area (TPSA) is 81.5 Å². The fraction of sp³-hybridized carbons (Fsp3) is 0.200. The van der Waals surface area contributed by atoms with Crippen LogP contribution in [0.15, 0.2) is 58.1 Å². The Morgan fingerprint density at radius 3 is 2.65 bits per heavy atom. The van der Waals surface area contributed by atoms with E-state index in [1.165, 1.54) is 27.1 Å². The molecule has 1 aliphatic heterocycles. The zero-order valence-corrected chi connectivity index (χ0v) is 21.1. The van der Waals surface area contributed by atoms with Gasteiger partial charge in [0, 0.05) is 27.5 Å². The van der Waals surface area contributed by atoms with Gasteiger partial charge in [-0.15, -0.1) is 11.3 Å². The second-order valence-electron chi connectivity index (χ2n) is 8.16. The van der Waals surface area contributed by atoms with Crippen molar-refractivity contribution in [3.8, 4) is 16.9 Å². The van der Waals surface area contributed by atoms with Gasteiger partial charge < -0.3 is 9.64 Å². The summed E-state index contributed by atoms with van der Waals surface area (Å²) in [6.45, 7) is 3.49. The summed E-state index contributed by atoms with van der Waals surface area (Å²) in [4.78, 5) is 46.4. The molecule has 0 aliphatic carbocycles. The number of carbonyl (C=O) groups is 2. The summed E-state index contributed by atoms with van der Waals surface area (Å²) >= 11 is 4.90. The van der Waals surface area contributed by atoms with Crippen molar-refractivity contribution in [2.24, 2.45) is 0 Å². The van der Waals surface area contributed by atoms with Gasteiger partial charge in [0.25, 0.3) is 11.5 Å². The molecule has 4 aromatic rings. The second kappa shape index (κ2) is 8.48. The van der Waals surface area contributed by atoms with E-state index in [9.17, 15) is 14.4 Å². The van der Waals surface area contributed by atoms with E-state index in [-0.39, 0.29) is 23.8 Å². The SMILES string of the molecule is Cc1sc2ncn(CC(=O)c3ccc4c(c3)N(C)C(=O)C(C)O4)c(=O)c2c1-c1ccc(Br)cc1. The van der Waals surface area contributed by atoms with E-state index in [0.29, 0.717) is 27.2 Å². The highest BCUT2D eigenvalue weighted by atomic mass is 79.9. The minimum absolute atomic E-state index is 0.163. The number of nitrogens with zero attached hydrogens (tertiary/aromatic N) is 3. The number of likely N-dealkylation sites (N-methyl/N-ethyl adjacent to an activating group) is 1. The number of aryl methyl sites for hydroxylation is 1. The van der Waals surface area contributed by atoms with Gasteiger partial charge in [-0.1, -0.05) is 28.1 Å². The third-order valence-electron chi connectivity index (χ3n) is 5.93. The molecular weight excluding hydrogens is 518 g/mol. The van der Waals surface area contributed by atoms with Crippen molar-refractivity contribution in [2.45, 2.75) is 26.5 Å². The fourth-order valence-corrected chi connectivity index (χ4v) is 5.41. The van der Waals surface area contributed by atoms with Crippen LogP contribution in [0, 0.1) is 6.92 Å². The van der Waals surface area contributed by atoms with E-state index in [2.05, 4.69) is 20.9 Å². The number of anilines is 1. The number of amides is 1. The molecule has 7 nitrogen and oxygen atoms in total. The zero-order chi connectivity index (χ0) is 24.1. The number of ketones is 1. The first kappa shape index (κ1) is 22.5. The molecule has 1 unspecified atom stereocenters. The van der Waals surface area contributed by atoms with Crippen LogP contribution < -0.4 is 15.2 Å². The van der Waals surface area contributed by atoms with Crippen LogP contribution in [-0.4, -0.2) is 34.4 Å². The number of benzene rings is 2. The minimum Gasteiger partial charge on any atom is -0.479 e. The molecule has 0 spiro atoms. The summed E-state index contributed by atoms with van der Waals surface area (Å²) in [5, 5.41) is 0.512. The minimum atomic E-state index is -0.579. The molecule has 9 heteroatoms. The molecule has 0 saturated heterocycles. The molecule has 1 aliphatic rings. The smallest absolute Gasteiger partial charge is 0.267 e. The number of thiophene rings is 1. The lowest BCUT2D eigenvalue weighted by molar-refractivity contribution is -0.125. The average Bonchev–Trinajstić information content (AvgIpc) is 3.16. The van der Waals surface area contributed by atoms with Crippen molar-refractivity contribution < 1.29 is 14.3 Å². The highest BCUT2D eigenvalue weighted by Crippen LogP contribution is 2.36. The number of fused-ring (bicyclic) bond motifs is 2. The van der Waals surface area contributed by atoms with Crippen molar-refractivity contribution in [2.75, 3.05) is 11.9 Å². The number of hydrogen-bond acceptors (Lipinski definition) is 6. The Bertz CT molecular complexity index is 1520. The maximum Gasteiger partial charge on any atom is 0.267 e. The van der Waals surface area contributed by atoms with E-state index in [1.54, 1.807) is 32.2 Å². The zero-order valence-electron chi connectivity index (χ0n) is 18.7. The van der Waals surface area contributed by atoms with E-state index in [0.717, 1.165) is 20.5 Å². The van der Waals surface area contributed by atoms with Gasteiger partial charge in [-0.3, -0.25) is 19.0 Å². The van der Waals surface area contributed by atoms with Gasteiger partial charge in [-0.2, -0.15) is 0 Å². The number of aromatic nitrogens is 2. The Balaban J connectivity index is 1.51. The summed E-state index contributed by atoms with van der Waals surface area (Å²) in [6.07, 6.45) is 0.840. The van der Waals surface area contributed by atoms with Crippen LogP contribution in [0.4, 0.5) is 5.69 Å². The quantitative estimate of drug-likeness (QED) is 0.348. The Morgan fingerprint density at radius 1 is 1.18 bits per heavy atom. The van der Waals surface area contributed by atoms with Crippen LogP contribution >= 0.6 is 27.3 Å². The van der Waals surface area contributed by atoms with Crippen LogP contribution in [0.25, 0.3) is 21.3 Å². The highest BCUT2D eigenvalue weighted by molar-refractivity contribution is 9.10. The first-order chi connectivity index (χ1) is 16.2. The summed E-state index contributed by atoms with van der Waals surface area (Å²) in [5.74, 6) is 0.0956. The lowest BCUT2D eigenvalue weighted by Gasteiger charge is -2.30. The predicted molar refractivity (Wildman–Crippen MR) is 136 cm³/mol. The Morgan fingerprint density at radius 2 is 1.91 bits per heavy atom. The molecule has 0 bridgehead atoms. The molecule has 172 valence electrons. The lowest BCUT2D eigenvalue weighted by Crippen LogP contribution is -2.42. The summed E-state index contributed by atoms with van der Waals surface area (Å²) < 4.78 is 7.92. The second-order valence-corrected chi connectivity index (χ2v) is 10.3. The van der Waals surface area contributed by atoms with Crippen LogP contribution in [0.3, 0.4) is 0 Å². The Hall–Kier alpha value is -3.30. The van der Waals surface area contributed by atoms with Crippen LogP contribution in [-0.2, 0) is 11.3 Å². The van der Waals surface area contributed by atoms with E-state index in [4.69, 9.17) is 4.74 Å². The van der Waals surface area contributed by atoms with Crippen LogP contribution in [0.2, 0.25) is 0 Å². The normalized spacial score (nSPS) is 15.4. The van der Waals surface area contributed by atoms with Gasteiger partial charge in [0.15, 0.2) is 11.9 Å². The summed E-state index contributed by atoms with van der Waals surface area (Å²) in [5.41, 5.74) is 2.42. The van der Waals surface area contributed by atoms with Gasteiger partial charge in [0.1, 0.15) is 10.6 Å². The molecule has 34 heavy (non-hydrogen) atoms. The molecule has 3 heterocycles. The first-order valence-corrected chi connectivity index (χ1v) is 12.2. The number of halogens is 1. The molecule has 2 aromatic carbocycles. The molecule has 5 rings (SSSR count). The largest absolute Gasteiger partial charge is 0.479 e. The van der Waals surface area contributed by atoms with Gasteiger partial charge in [0.05, 0.1) is 23.9 Å². The van der Waals surface area contributed by atoms with E-state index < -0.39 is 6.10 Å². The van der Waals surface area contributed by atoms with Crippen molar-refractivity contribution >= 4 is 54.9 Å². The van der Waals surface area contributed by atoms with E-state index in [1.807, 2.05) is 31.2 Å². The maximum absolute atomic E-state index is 13.4. The van der Waals surface area contributed by atoms with Crippen molar-refractivity contribution in [1.82, 2.24) is 9.55 Å². The third-order valence-corrected chi connectivity index (χ3v) is 7.47. The molecule has 0 radical (unpaired) electrons. The molecule has 1 amide bonds. The predicted octanol–water partition coefficient (Wildman–Crippen LogP) is 4.82. The summed E-state index contributed by atoms with van der Waals surface area (Å²) in [6, 6.07) is 12.7. The molecule has 1 atom stereocenters. The number of ether oxygens (including phenoxy) is 1. The standard InChI is InChI=1S/C25H20BrN3O4S/c1-13-24(31)28(3)18-10-16(6-9-20(18)33-13)19(30)11-29-12-27-23-22(25(29)32)21(14(2)34-23)15-4-7-17(26)8-5-15/h4-10,12-13H,11H2,1-3H3. The third kappa shape index (κ3) is 3.74. The first-order valence-electron chi connectivity index (χ1n) is 10.6. The van der Waals surface area contributed by atoms with Gasteiger partial charge in [-0.25, -0.2) is 4.98 Å². The van der Waals surface area contributed by atoms with Gasteiger partial charge in [0.2, 0.25) is 0 Å². The fourth-order valence-electron chi connectivity index (χ4n) is 4.15. The molecule has 2 aromatic heterocycles. The monoisotopic (exact) mass is 537 g/mol. The molecule has 0 N–H and O–H groups in total. The van der Waals surface area contributed by atoms with Crippen molar-refractivity contribution in [3.05, 3.63) is 74.1 Å². The lowest BCUT2D eigenvalue weighted by atomic mass is 10.0. The number of carbonyl (C=O) groups excluding carboxylic acids is 2. The van der Waals surface area contributed by atoms with Crippen molar-refractivity contribution in [1.29, 1.82) is 0 Å². The Kier molecular flexibility index (Phi) is 5.61. The van der Waals surface area contributed by atoms with Crippen LogP contribution in [0.5, 0.6) is 5.75 Å². The Labute approximate surface area is 207 Å². The maximum atomic E-state index is 13.4. The van der Waals surface area contributed by atoms with Gasteiger partial charge in [-0.05, 0) is 49.7 Å². The number of rotatable bonds is 4. The van der Waals surface area contributed by atoms with Gasteiger partial charge >= 0.3 is 0 Å². The number of hydrogen-bond donors (Lipinski definition) is 0. The van der Waals surface area contributed by atoms with Crippen LogP contribution in [0.1, 0.15) is 22.2 Å².